The van der Waals surface area contributed by atoms with Gasteiger partial charge >= 0.3 is 5.97 Å². The van der Waals surface area contributed by atoms with Crippen LogP contribution in [0.1, 0.15) is 12.5 Å². The monoisotopic (exact) mass is 237 g/mol. The third-order valence-electron chi connectivity index (χ3n) is 1.83. The number of methoxy groups -OCH3 is 1. The van der Waals surface area contributed by atoms with Crippen molar-refractivity contribution in [3.63, 3.8) is 0 Å². The topological polar surface area (TPSA) is 78.7 Å². The normalized spacial score (nSPS) is 10.2. The summed E-state index contributed by atoms with van der Waals surface area (Å²) in [6.07, 6.45) is 2.10. The lowest BCUT2D eigenvalue weighted by Crippen LogP contribution is -2.03. The highest BCUT2D eigenvalue weighted by molar-refractivity contribution is 5.71. The van der Waals surface area contributed by atoms with Crippen LogP contribution in [0, 0.1) is 10.1 Å². The molecule has 0 amide bonds. The molecule has 17 heavy (non-hydrogen) atoms. The first kappa shape index (κ1) is 12.7. The molecule has 6 heteroatoms. The van der Waals surface area contributed by atoms with Gasteiger partial charge in [0.2, 0.25) is 6.20 Å². The van der Waals surface area contributed by atoms with Crippen molar-refractivity contribution in [3.8, 4) is 11.5 Å². The fraction of sp³-hybridized carbons (Fsp3) is 0.182. The highest BCUT2D eigenvalue weighted by atomic mass is 16.6. The maximum atomic E-state index is 10.9. The summed E-state index contributed by atoms with van der Waals surface area (Å²) < 4.78 is 9.91. The minimum atomic E-state index is -0.574. The highest BCUT2D eigenvalue weighted by Gasteiger charge is 2.07. The number of benzene rings is 1. The van der Waals surface area contributed by atoms with Gasteiger partial charge in [-0.1, -0.05) is 6.07 Å². The Kier molecular flexibility index (Phi) is 4.21. The maximum Gasteiger partial charge on any atom is 0.308 e. The van der Waals surface area contributed by atoms with E-state index in [2.05, 4.69) is 0 Å². The van der Waals surface area contributed by atoms with Crippen molar-refractivity contribution in [2.75, 3.05) is 7.11 Å². The zero-order valence-electron chi connectivity index (χ0n) is 9.38. The van der Waals surface area contributed by atoms with E-state index in [1.165, 1.54) is 26.2 Å². The molecule has 0 saturated heterocycles. The van der Waals surface area contributed by atoms with Gasteiger partial charge in [-0.15, -0.1) is 0 Å². The Bertz CT molecular complexity index is 467. The Hall–Kier alpha value is -2.37. The number of carbonyl (C=O) groups is 1. The van der Waals surface area contributed by atoms with Crippen molar-refractivity contribution in [3.05, 3.63) is 40.1 Å². The summed E-state index contributed by atoms with van der Waals surface area (Å²) in [5.41, 5.74) is 0.541. The Morgan fingerprint density at radius 1 is 1.41 bits per heavy atom. The second-order valence-electron chi connectivity index (χ2n) is 3.11. The Balaban J connectivity index is 3.03. The fourth-order valence-electron chi connectivity index (χ4n) is 1.18. The molecule has 0 aliphatic heterocycles. The van der Waals surface area contributed by atoms with Gasteiger partial charge in [0.1, 0.15) is 0 Å². The molecule has 0 aromatic heterocycles. The number of hydrogen-bond donors (Lipinski definition) is 0. The average molecular weight is 237 g/mol. The molecule has 0 saturated carbocycles. The zero-order valence-corrected chi connectivity index (χ0v) is 9.38. The van der Waals surface area contributed by atoms with E-state index in [0.717, 1.165) is 6.20 Å². The van der Waals surface area contributed by atoms with Gasteiger partial charge in [0.15, 0.2) is 11.5 Å². The molecule has 0 aliphatic rings. The van der Waals surface area contributed by atoms with Crippen molar-refractivity contribution in [1.82, 2.24) is 0 Å². The van der Waals surface area contributed by atoms with Gasteiger partial charge in [-0.25, -0.2) is 0 Å². The lowest BCUT2D eigenvalue weighted by Gasteiger charge is -2.08. The molecule has 0 atom stereocenters. The van der Waals surface area contributed by atoms with Crippen LogP contribution in [0.2, 0.25) is 0 Å². The Labute approximate surface area is 97.6 Å². The maximum absolute atomic E-state index is 10.9. The minimum absolute atomic E-state index is 0.227. The van der Waals surface area contributed by atoms with E-state index in [9.17, 15) is 14.9 Å². The fourth-order valence-corrected chi connectivity index (χ4v) is 1.18. The molecule has 0 spiro atoms. The number of nitrogens with zero attached hydrogens (tertiary/aromatic N) is 1. The number of carbonyl (C=O) groups excluding carboxylic acids is 1. The Morgan fingerprint density at radius 2 is 2.12 bits per heavy atom. The van der Waals surface area contributed by atoms with Crippen molar-refractivity contribution < 1.29 is 19.2 Å². The van der Waals surface area contributed by atoms with Crippen LogP contribution in [0.3, 0.4) is 0 Å². The summed E-state index contributed by atoms with van der Waals surface area (Å²) in [6.45, 7) is 1.26. The molecule has 0 aliphatic carbocycles. The van der Waals surface area contributed by atoms with Crippen molar-refractivity contribution in [2.24, 2.45) is 0 Å². The van der Waals surface area contributed by atoms with Crippen LogP contribution in [0.25, 0.3) is 6.08 Å². The summed E-state index contributed by atoms with van der Waals surface area (Å²) in [6, 6.07) is 4.67. The molecule has 0 bridgehead atoms. The van der Waals surface area contributed by atoms with Crippen LogP contribution in [-0.4, -0.2) is 18.0 Å². The summed E-state index contributed by atoms with van der Waals surface area (Å²) in [5, 5.41) is 10.2. The van der Waals surface area contributed by atoms with E-state index in [-0.39, 0.29) is 5.75 Å². The summed E-state index contributed by atoms with van der Waals surface area (Å²) in [7, 11) is 1.44. The first-order valence-electron chi connectivity index (χ1n) is 4.71. The minimum Gasteiger partial charge on any atom is -0.493 e. The third-order valence-corrected chi connectivity index (χ3v) is 1.83. The van der Waals surface area contributed by atoms with E-state index in [0.29, 0.717) is 11.3 Å². The van der Waals surface area contributed by atoms with E-state index in [4.69, 9.17) is 9.47 Å². The highest BCUT2D eigenvalue weighted by Crippen LogP contribution is 2.28. The predicted molar refractivity (Wildman–Crippen MR) is 60.3 cm³/mol. The lowest BCUT2D eigenvalue weighted by atomic mass is 10.2. The van der Waals surface area contributed by atoms with Gasteiger partial charge < -0.3 is 9.47 Å². The van der Waals surface area contributed by atoms with E-state index in [1.54, 1.807) is 12.1 Å². The van der Waals surface area contributed by atoms with Gasteiger partial charge in [0.05, 0.1) is 12.0 Å². The molecule has 0 N–H and O–H groups in total. The molecule has 1 aromatic carbocycles. The van der Waals surface area contributed by atoms with Crippen molar-refractivity contribution in [1.29, 1.82) is 0 Å². The lowest BCUT2D eigenvalue weighted by molar-refractivity contribution is -0.400. The smallest absolute Gasteiger partial charge is 0.308 e. The molecular weight excluding hydrogens is 226 g/mol. The van der Waals surface area contributed by atoms with Gasteiger partial charge in [-0.2, -0.15) is 0 Å². The number of rotatable bonds is 4. The second-order valence-corrected chi connectivity index (χ2v) is 3.11. The molecule has 1 aromatic rings. The molecule has 6 nitrogen and oxygen atoms in total. The summed E-state index contributed by atoms with van der Waals surface area (Å²) in [5.74, 6) is 0.127. The first-order chi connectivity index (χ1) is 8.02. The van der Waals surface area contributed by atoms with Crippen molar-refractivity contribution >= 4 is 12.0 Å². The van der Waals surface area contributed by atoms with Crippen LogP contribution in [0.4, 0.5) is 0 Å². The Morgan fingerprint density at radius 3 is 2.65 bits per heavy atom. The zero-order chi connectivity index (χ0) is 12.8. The number of esters is 1. The molecule has 90 valence electrons. The average Bonchev–Trinajstić information content (AvgIpc) is 2.25. The van der Waals surface area contributed by atoms with Crippen LogP contribution in [-0.2, 0) is 4.79 Å². The molecule has 0 heterocycles. The first-order valence-corrected chi connectivity index (χ1v) is 4.71. The standard InChI is InChI=1S/C11H11NO5/c1-8(13)17-11-7-9(5-6-12(14)15)3-4-10(11)16-2/h3-7H,1-2H3/b6-5+. The van der Waals surface area contributed by atoms with Crippen LogP contribution < -0.4 is 9.47 Å². The second kappa shape index (κ2) is 5.64. The molecular formula is C11H11NO5. The molecule has 0 unspecified atom stereocenters. The van der Waals surface area contributed by atoms with Crippen LogP contribution in [0.5, 0.6) is 11.5 Å². The van der Waals surface area contributed by atoms with E-state index in [1.807, 2.05) is 0 Å². The van der Waals surface area contributed by atoms with Gasteiger partial charge in [-0.05, 0) is 17.7 Å². The molecule has 0 fully saturated rings. The summed E-state index contributed by atoms with van der Waals surface area (Å²) in [4.78, 5) is 20.4. The van der Waals surface area contributed by atoms with Crippen molar-refractivity contribution in [2.45, 2.75) is 6.92 Å². The molecule has 0 radical (unpaired) electrons. The summed E-state index contributed by atoms with van der Waals surface area (Å²) >= 11 is 0. The predicted octanol–water partition coefficient (Wildman–Crippen LogP) is 1.87. The molecule has 1 rings (SSSR count). The number of ether oxygens (including phenoxy) is 2. The van der Waals surface area contributed by atoms with Gasteiger partial charge in [0.25, 0.3) is 0 Å². The largest absolute Gasteiger partial charge is 0.493 e. The van der Waals surface area contributed by atoms with Crippen LogP contribution >= 0.6 is 0 Å². The van der Waals surface area contributed by atoms with Gasteiger partial charge in [0, 0.05) is 13.0 Å². The van der Waals surface area contributed by atoms with Crippen LogP contribution in [0.15, 0.2) is 24.4 Å². The van der Waals surface area contributed by atoms with E-state index >= 15 is 0 Å². The SMILES string of the molecule is COc1ccc(/C=C/[N+](=O)[O-])cc1OC(C)=O. The third kappa shape index (κ3) is 3.94. The number of hydrogen-bond acceptors (Lipinski definition) is 5. The number of nitro groups is 1. The van der Waals surface area contributed by atoms with E-state index < -0.39 is 10.9 Å². The quantitative estimate of drug-likeness (QED) is 0.345. The van der Waals surface area contributed by atoms with Gasteiger partial charge in [-0.3, -0.25) is 14.9 Å².